The van der Waals surface area contributed by atoms with Gasteiger partial charge in [0.2, 0.25) is 0 Å². The van der Waals surface area contributed by atoms with Crippen LogP contribution in [0.4, 0.5) is 5.82 Å². The van der Waals surface area contributed by atoms with Crippen molar-refractivity contribution < 1.29 is 0 Å². The summed E-state index contributed by atoms with van der Waals surface area (Å²) in [4.78, 5) is 8.04. The number of rotatable bonds is 3. The molecule has 4 nitrogen and oxygen atoms in total. The van der Waals surface area contributed by atoms with Crippen LogP contribution in [0.3, 0.4) is 0 Å². The summed E-state index contributed by atoms with van der Waals surface area (Å²) in [5.74, 6) is 0.434. The fourth-order valence-electron chi connectivity index (χ4n) is 1.66. The maximum Gasteiger partial charge on any atom is 0.182 e. The van der Waals surface area contributed by atoms with Crippen LogP contribution in [0.15, 0.2) is 30.6 Å². The van der Waals surface area contributed by atoms with Crippen LogP contribution in [-0.4, -0.2) is 9.97 Å². The SMILES string of the molecule is CC(Nc1nccnc1C#N)c1ccc(Cl)cc1Cl. The highest BCUT2D eigenvalue weighted by Crippen LogP contribution is 2.28. The third-order valence-electron chi connectivity index (χ3n) is 2.59. The average Bonchev–Trinajstić information content (AvgIpc) is 2.39. The van der Waals surface area contributed by atoms with E-state index in [0.717, 1.165) is 5.56 Å². The Hall–Kier alpha value is -1.83. The molecule has 0 aliphatic rings. The molecule has 1 heterocycles. The zero-order valence-electron chi connectivity index (χ0n) is 10.1. The van der Waals surface area contributed by atoms with E-state index in [1.54, 1.807) is 12.1 Å². The molecule has 1 aromatic heterocycles. The maximum atomic E-state index is 8.96. The van der Waals surface area contributed by atoms with E-state index in [9.17, 15) is 0 Å². The fourth-order valence-corrected chi connectivity index (χ4v) is 2.23. The summed E-state index contributed by atoms with van der Waals surface area (Å²) in [6.45, 7) is 1.92. The van der Waals surface area contributed by atoms with Crippen LogP contribution in [0.25, 0.3) is 0 Å². The second-order valence-electron chi connectivity index (χ2n) is 3.90. The van der Waals surface area contributed by atoms with Crippen molar-refractivity contribution in [3.8, 4) is 6.07 Å². The second-order valence-corrected chi connectivity index (χ2v) is 4.74. The highest BCUT2D eigenvalue weighted by molar-refractivity contribution is 6.35. The molecule has 96 valence electrons. The van der Waals surface area contributed by atoms with Gasteiger partial charge in [-0.15, -0.1) is 0 Å². The van der Waals surface area contributed by atoms with Gasteiger partial charge < -0.3 is 5.32 Å². The van der Waals surface area contributed by atoms with Gasteiger partial charge in [0.15, 0.2) is 11.5 Å². The molecule has 2 aromatic rings. The monoisotopic (exact) mass is 292 g/mol. The van der Waals surface area contributed by atoms with Crippen molar-refractivity contribution in [2.45, 2.75) is 13.0 Å². The molecule has 6 heteroatoms. The van der Waals surface area contributed by atoms with E-state index in [1.165, 1.54) is 12.4 Å². The number of benzene rings is 1. The van der Waals surface area contributed by atoms with Crippen molar-refractivity contribution in [3.63, 3.8) is 0 Å². The molecule has 2 rings (SSSR count). The predicted octanol–water partition coefficient (Wildman–Crippen LogP) is 3.83. The quantitative estimate of drug-likeness (QED) is 0.934. The molecule has 0 radical (unpaired) electrons. The smallest absolute Gasteiger partial charge is 0.182 e. The Labute approximate surface area is 121 Å². The molecule has 0 aliphatic heterocycles. The second kappa shape index (κ2) is 5.87. The van der Waals surface area contributed by atoms with Crippen molar-refractivity contribution in [2.75, 3.05) is 5.32 Å². The zero-order valence-corrected chi connectivity index (χ0v) is 11.6. The number of nitrogens with one attached hydrogen (secondary N) is 1. The lowest BCUT2D eigenvalue weighted by Gasteiger charge is -2.16. The lowest BCUT2D eigenvalue weighted by molar-refractivity contribution is 0.869. The Kier molecular flexibility index (Phi) is 4.20. The lowest BCUT2D eigenvalue weighted by atomic mass is 10.1. The molecule has 19 heavy (non-hydrogen) atoms. The number of hydrogen-bond acceptors (Lipinski definition) is 4. The summed E-state index contributed by atoms with van der Waals surface area (Å²) in [5, 5.41) is 13.2. The van der Waals surface area contributed by atoms with Crippen LogP contribution in [0.2, 0.25) is 10.0 Å². The predicted molar refractivity (Wildman–Crippen MR) is 75.2 cm³/mol. The number of aromatic nitrogens is 2. The first kappa shape index (κ1) is 13.6. The molecule has 1 aromatic carbocycles. The van der Waals surface area contributed by atoms with E-state index in [-0.39, 0.29) is 11.7 Å². The molecule has 0 saturated heterocycles. The Morgan fingerprint density at radius 2 is 2.00 bits per heavy atom. The molecule has 1 N–H and O–H groups in total. The van der Waals surface area contributed by atoms with E-state index in [2.05, 4.69) is 15.3 Å². The summed E-state index contributed by atoms with van der Waals surface area (Å²) < 4.78 is 0. The first-order valence-corrected chi connectivity index (χ1v) is 6.30. The normalized spacial score (nSPS) is 11.7. The minimum Gasteiger partial charge on any atom is -0.361 e. The van der Waals surface area contributed by atoms with E-state index >= 15 is 0 Å². The maximum absolute atomic E-state index is 8.96. The summed E-state index contributed by atoms with van der Waals surface area (Å²) >= 11 is 12.0. The molecule has 0 aliphatic carbocycles. The average molecular weight is 293 g/mol. The zero-order chi connectivity index (χ0) is 13.8. The molecule has 1 atom stereocenters. The van der Waals surface area contributed by atoms with Crippen LogP contribution < -0.4 is 5.32 Å². The van der Waals surface area contributed by atoms with Gasteiger partial charge in [0, 0.05) is 22.4 Å². The van der Waals surface area contributed by atoms with Crippen molar-refractivity contribution >= 4 is 29.0 Å². The molecule has 0 amide bonds. The van der Waals surface area contributed by atoms with Gasteiger partial charge in [-0.25, -0.2) is 9.97 Å². The fraction of sp³-hybridized carbons (Fsp3) is 0.154. The van der Waals surface area contributed by atoms with Gasteiger partial charge in [0.25, 0.3) is 0 Å². The Morgan fingerprint density at radius 1 is 1.26 bits per heavy atom. The minimum absolute atomic E-state index is 0.117. The number of hydrogen-bond donors (Lipinski definition) is 1. The van der Waals surface area contributed by atoms with Crippen LogP contribution in [0.5, 0.6) is 0 Å². The van der Waals surface area contributed by atoms with Gasteiger partial charge in [-0.05, 0) is 24.6 Å². The summed E-state index contributed by atoms with van der Waals surface area (Å²) in [6, 6.07) is 7.15. The number of anilines is 1. The lowest BCUT2D eigenvalue weighted by Crippen LogP contribution is -2.10. The molecular formula is C13H10Cl2N4. The summed E-state index contributed by atoms with van der Waals surface area (Å²) in [6.07, 6.45) is 3.00. The van der Waals surface area contributed by atoms with E-state index in [0.29, 0.717) is 15.9 Å². The van der Waals surface area contributed by atoms with Crippen LogP contribution >= 0.6 is 23.2 Å². The molecule has 0 bridgehead atoms. The summed E-state index contributed by atoms with van der Waals surface area (Å²) in [5.41, 5.74) is 1.13. The first-order chi connectivity index (χ1) is 9.11. The topological polar surface area (TPSA) is 61.6 Å². The van der Waals surface area contributed by atoms with Crippen LogP contribution in [0, 0.1) is 11.3 Å². The van der Waals surface area contributed by atoms with E-state index in [4.69, 9.17) is 28.5 Å². The van der Waals surface area contributed by atoms with E-state index < -0.39 is 0 Å². The highest BCUT2D eigenvalue weighted by Gasteiger charge is 2.13. The molecule has 0 saturated carbocycles. The van der Waals surface area contributed by atoms with Gasteiger partial charge in [-0.1, -0.05) is 29.3 Å². The molecule has 1 unspecified atom stereocenters. The molecular weight excluding hydrogens is 283 g/mol. The molecule has 0 fully saturated rings. The summed E-state index contributed by atoms with van der Waals surface area (Å²) in [7, 11) is 0. The highest BCUT2D eigenvalue weighted by atomic mass is 35.5. The van der Waals surface area contributed by atoms with Gasteiger partial charge >= 0.3 is 0 Å². The number of halogens is 2. The first-order valence-electron chi connectivity index (χ1n) is 5.54. The van der Waals surface area contributed by atoms with Crippen molar-refractivity contribution in [2.24, 2.45) is 0 Å². The molecule has 0 spiro atoms. The van der Waals surface area contributed by atoms with Gasteiger partial charge in [-0.2, -0.15) is 5.26 Å². The third kappa shape index (κ3) is 3.14. The number of nitriles is 1. The Bertz CT molecular complexity index is 637. The van der Waals surface area contributed by atoms with E-state index in [1.807, 2.05) is 19.1 Å². The van der Waals surface area contributed by atoms with Gasteiger partial charge in [0.1, 0.15) is 6.07 Å². The van der Waals surface area contributed by atoms with Gasteiger partial charge in [-0.3, -0.25) is 0 Å². The van der Waals surface area contributed by atoms with Crippen molar-refractivity contribution in [1.82, 2.24) is 9.97 Å². The van der Waals surface area contributed by atoms with Crippen LogP contribution in [0.1, 0.15) is 24.2 Å². The Balaban J connectivity index is 2.26. The van der Waals surface area contributed by atoms with Crippen molar-refractivity contribution in [1.29, 1.82) is 5.26 Å². The van der Waals surface area contributed by atoms with Crippen LogP contribution in [-0.2, 0) is 0 Å². The number of nitrogens with zero attached hydrogens (tertiary/aromatic N) is 3. The standard InChI is InChI=1S/C13H10Cl2N4/c1-8(10-3-2-9(14)6-11(10)15)19-13-12(7-16)17-4-5-18-13/h2-6,8H,1H3,(H,18,19). The Morgan fingerprint density at radius 3 is 2.68 bits per heavy atom. The minimum atomic E-state index is -0.117. The largest absolute Gasteiger partial charge is 0.361 e. The van der Waals surface area contributed by atoms with Gasteiger partial charge in [0.05, 0.1) is 6.04 Å². The third-order valence-corrected chi connectivity index (χ3v) is 3.15. The van der Waals surface area contributed by atoms with Crippen molar-refractivity contribution in [3.05, 3.63) is 51.9 Å².